The van der Waals surface area contributed by atoms with Crippen molar-refractivity contribution in [3.63, 3.8) is 0 Å². The Bertz CT molecular complexity index is 202. The molecule has 94 valence electrons. The highest BCUT2D eigenvalue weighted by molar-refractivity contribution is 4.84. The molecule has 0 aliphatic carbocycles. The molecule has 0 aromatic carbocycles. The van der Waals surface area contributed by atoms with Gasteiger partial charge in [-0.2, -0.15) is 0 Å². The molecule has 1 N–H and O–H groups in total. The Morgan fingerprint density at radius 2 is 2.25 bits per heavy atom. The molecule has 16 heavy (non-hydrogen) atoms. The summed E-state index contributed by atoms with van der Waals surface area (Å²) in [5.74, 6) is 0.733. The van der Waals surface area contributed by atoms with E-state index in [1.54, 1.807) is 0 Å². The second-order valence-electron chi connectivity index (χ2n) is 5.50. The minimum atomic E-state index is 0.494. The molecule has 2 fully saturated rings. The maximum absolute atomic E-state index is 5.85. The molecular weight excluding hydrogens is 200 g/mol. The SMILES string of the molecule is CC(C)C1CNCCN1CC1CCCCO1. The fraction of sp³-hybridized carbons (Fsp3) is 1.00. The van der Waals surface area contributed by atoms with Crippen LogP contribution in [0.25, 0.3) is 0 Å². The Morgan fingerprint density at radius 3 is 2.94 bits per heavy atom. The largest absolute Gasteiger partial charge is 0.377 e. The Hall–Kier alpha value is -0.120. The zero-order valence-corrected chi connectivity index (χ0v) is 10.7. The van der Waals surface area contributed by atoms with Gasteiger partial charge in [-0.05, 0) is 25.2 Å². The highest BCUT2D eigenvalue weighted by Gasteiger charge is 2.27. The number of piperazine rings is 1. The average molecular weight is 226 g/mol. The highest BCUT2D eigenvalue weighted by atomic mass is 16.5. The number of hydrogen-bond donors (Lipinski definition) is 1. The van der Waals surface area contributed by atoms with Crippen molar-refractivity contribution >= 4 is 0 Å². The van der Waals surface area contributed by atoms with Crippen molar-refractivity contribution in [1.29, 1.82) is 0 Å². The Kier molecular flexibility index (Phi) is 4.62. The van der Waals surface area contributed by atoms with Crippen LogP contribution in [0, 0.1) is 5.92 Å². The van der Waals surface area contributed by atoms with Gasteiger partial charge < -0.3 is 10.1 Å². The molecule has 0 aromatic heterocycles. The predicted molar refractivity (Wildman–Crippen MR) is 66.7 cm³/mol. The molecule has 0 aromatic rings. The molecule has 2 saturated heterocycles. The third-order valence-corrected chi connectivity index (χ3v) is 3.88. The summed E-state index contributed by atoms with van der Waals surface area (Å²) in [5, 5.41) is 3.50. The van der Waals surface area contributed by atoms with Gasteiger partial charge >= 0.3 is 0 Å². The maximum atomic E-state index is 5.85. The van der Waals surface area contributed by atoms with Crippen molar-refractivity contribution in [2.24, 2.45) is 5.92 Å². The third-order valence-electron chi connectivity index (χ3n) is 3.88. The molecule has 0 spiro atoms. The summed E-state index contributed by atoms with van der Waals surface area (Å²) in [6.07, 6.45) is 4.36. The molecule has 2 aliphatic rings. The number of nitrogens with one attached hydrogen (secondary N) is 1. The van der Waals surface area contributed by atoms with Crippen molar-refractivity contribution in [3.8, 4) is 0 Å². The molecule has 2 unspecified atom stereocenters. The molecule has 3 heteroatoms. The van der Waals surface area contributed by atoms with Crippen LogP contribution in [-0.4, -0.2) is 49.8 Å². The second kappa shape index (κ2) is 5.99. The van der Waals surface area contributed by atoms with Crippen LogP contribution < -0.4 is 5.32 Å². The van der Waals surface area contributed by atoms with Gasteiger partial charge in [0.2, 0.25) is 0 Å². The van der Waals surface area contributed by atoms with Crippen LogP contribution in [0.15, 0.2) is 0 Å². The van der Waals surface area contributed by atoms with Gasteiger partial charge in [-0.1, -0.05) is 13.8 Å². The van der Waals surface area contributed by atoms with Gasteiger partial charge in [0.1, 0.15) is 0 Å². The molecular formula is C13H26N2O. The van der Waals surface area contributed by atoms with Gasteiger partial charge in [-0.3, -0.25) is 4.90 Å². The number of rotatable bonds is 3. The minimum absolute atomic E-state index is 0.494. The van der Waals surface area contributed by atoms with E-state index in [1.165, 1.54) is 25.8 Å². The summed E-state index contributed by atoms with van der Waals surface area (Å²) in [4.78, 5) is 2.64. The fourth-order valence-corrected chi connectivity index (χ4v) is 2.86. The lowest BCUT2D eigenvalue weighted by Gasteiger charge is -2.40. The standard InChI is InChI=1S/C13H26N2O/c1-11(2)13-9-14-6-7-15(13)10-12-5-3-4-8-16-12/h11-14H,3-10H2,1-2H3. The first-order valence-electron chi connectivity index (χ1n) is 6.83. The molecule has 0 saturated carbocycles. The maximum Gasteiger partial charge on any atom is 0.0702 e. The number of ether oxygens (including phenoxy) is 1. The molecule has 0 bridgehead atoms. The first-order valence-corrected chi connectivity index (χ1v) is 6.83. The van der Waals surface area contributed by atoms with E-state index in [2.05, 4.69) is 24.1 Å². The number of nitrogens with zero attached hydrogens (tertiary/aromatic N) is 1. The minimum Gasteiger partial charge on any atom is -0.377 e. The molecule has 2 atom stereocenters. The Labute approximate surface area is 99.5 Å². The van der Waals surface area contributed by atoms with Crippen molar-refractivity contribution in [3.05, 3.63) is 0 Å². The van der Waals surface area contributed by atoms with Gasteiger partial charge in [0, 0.05) is 38.8 Å². The molecule has 0 radical (unpaired) electrons. The van der Waals surface area contributed by atoms with Gasteiger partial charge in [0.05, 0.1) is 6.10 Å². The van der Waals surface area contributed by atoms with Gasteiger partial charge in [-0.15, -0.1) is 0 Å². The highest BCUT2D eigenvalue weighted by Crippen LogP contribution is 2.18. The van der Waals surface area contributed by atoms with Crippen LogP contribution in [0.2, 0.25) is 0 Å². The molecule has 0 amide bonds. The molecule has 2 heterocycles. The van der Waals surface area contributed by atoms with E-state index >= 15 is 0 Å². The van der Waals surface area contributed by atoms with Crippen LogP contribution in [0.1, 0.15) is 33.1 Å². The lowest BCUT2D eigenvalue weighted by molar-refractivity contribution is -0.0221. The lowest BCUT2D eigenvalue weighted by Crippen LogP contribution is -2.55. The van der Waals surface area contributed by atoms with E-state index in [1.807, 2.05) is 0 Å². The van der Waals surface area contributed by atoms with Crippen molar-refractivity contribution in [2.45, 2.75) is 45.3 Å². The third kappa shape index (κ3) is 3.19. The summed E-state index contributed by atoms with van der Waals surface area (Å²) in [7, 11) is 0. The summed E-state index contributed by atoms with van der Waals surface area (Å²) >= 11 is 0. The summed E-state index contributed by atoms with van der Waals surface area (Å²) in [6, 6.07) is 0.694. The lowest BCUT2D eigenvalue weighted by atomic mass is 9.99. The van der Waals surface area contributed by atoms with E-state index in [9.17, 15) is 0 Å². The van der Waals surface area contributed by atoms with Gasteiger partial charge in [-0.25, -0.2) is 0 Å². The monoisotopic (exact) mass is 226 g/mol. The van der Waals surface area contributed by atoms with E-state index in [-0.39, 0.29) is 0 Å². The van der Waals surface area contributed by atoms with Crippen molar-refractivity contribution in [2.75, 3.05) is 32.8 Å². The first kappa shape index (κ1) is 12.3. The summed E-state index contributed by atoms with van der Waals surface area (Å²) in [5.41, 5.74) is 0. The normalized spacial score (nSPS) is 33.2. The van der Waals surface area contributed by atoms with Crippen molar-refractivity contribution in [1.82, 2.24) is 10.2 Å². The average Bonchev–Trinajstić information content (AvgIpc) is 2.31. The van der Waals surface area contributed by atoms with E-state index in [0.29, 0.717) is 12.1 Å². The van der Waals surface area contributed by atoms with Crippen LogP contribution >= 0.6 is 0 Å². The molecule has 2 aliphatic heterocycles. The molecule has 2 rings (SSSR count). The van der Waals surface area contributed by atoms with Gasteiger partial charge in [0.25, 0.3) is 0 Å². The van der Waals surface area contributed by atoms with Gasteiger partial charge in [0.15, 0.2) is 0 Å². The zero-order chi connectivity index (χ0) is 11.4. The van der Waals surface area contributed by atoms with Crippen molar-refractivity contribution < 1.29 is 4.74 Å². The second-order valence-corrected chi connectivity index (χ2v) is 5.50. The van der Waals surface area contributed by atoms with E-state index in [4.69, 9.17) is 4.74 Å². The summed E-state index contributed by atoms with van der Waals surface area (Å²) < 4.78 is 5.85. The van der Waals surface area contributed by atoms with Crippen LogP contribution in [0.4, 0.5) is 0 Å². The topological polar surface area (TPSA) is 24.5 Å². The first-order chi connectivity index (χ1) is 7.77. The predicted octanol–water partition coefficient (Wildman–Crippen LogP) is 1.49. The van der Waals surface area contributed by atoms with Crippen LogP contribution in [-0.2, 0) is 4.74 Å². The smallest absolute Gasteiger partial charge is 0.0702 e. The Balaban J connectivity index is 1.85. The zero-order valence-electron chi connectivity index (χ0n) is 10.7. The van der Waals surface area contributed by atoms with E-state index < -0.39 is 0 Å². The Morgan fingerprint density at radius 1 is 1.38 bits per heavy atom. The molecule has 3 nitrogen and oxygen atoms in total. The summed E-state index contributed by atoms with van der Waals surface area (Å²) in [6.45, 7) is 10.2. The number of hydrogen-bond acceptors (Lipinski definition) is 3. The van der Waals surface area contributed by atoms with E-state index in [0.717, 1.165) is 32.2 Å². The fourth-order valence-electron chi connectivity index (χ4n) is 2.86. The van der Waals surface area contributed by atoms with Crippen LogP contribution in [0.3, 0.4) is 0 Å². The quantitative estimate of drug-likeness (QED) is 0.789. The van der Waals surface area contributed by atoms with Crippen LogP contribution in [0.5, 0.6) is 0 Å².